The number of carbonyl (C=O) groups is 2. The normalized spacial score (nSPS) is 10.7. The van der Waals surface area contributed by atoms with Crippen LogP contribution in [0.5, 0.6) is 5.75 Å². The average molecular weight is 323 g/mol. The number of hydrogen-bond donors (Lipinski definition) is 2. The van der Waals surface area contributed by atoms with Crippen molar-refractivity contribution in [3.63, 3.8) is 0 Å². The molecule has 0 unspecified atom stereocenters. The van der Waals surface area contributed by atoms with Crippen LogP contribution in [-0.4, -0.2) is 25.1 Å². The van der Waals surface area contributed by atoms with Gasteiger partial charge in [-0.05, 0) is 35.9 Å². The third-order valence-corrected chi connectivity index (χ3v) is 2.97. The molecule has 2 N–H and O–H groups in total. The minimum atomic E-state index is -0.852. The number of nitrogens with zero attached hydrogens (tertiary/aromatic N) is 1. The van der Waals surface area contributed by atoms with Gasteiger partial charge in [0.1, 0.15) is 5.75 Å². The molecule has 2 aromatic carbocycles. The second-order valence-electron chi connectivity index (χ2n) is 4.67. The standard InChI is InChI=1S/C18H17N3O3/c1-24-16-11-9-15(10-12-16)20-17(22)18(23)21-19-13-5-8-14-6-3-2-4-7-14/h2-13H,1H3,(H,20,22)(H,21,23)/b8-5+,19-13-. The Balaban J connectivity index is 1.79. The van der Waals surface area contributed by atoms with Gasteiger partial charge in [0.25, 0.3) is 0 Å². The summed E-state index contributed by atoms with van der Waals surface area (Å²) in [6, 6.07) is 16.3. The molecule has 0 heterocycles. The Kier molecular flexibility index (Phi) is 6.28. The third-order valence-electron chi connectivity index (χ3n) is 2.97. The number of hydrazone groups is 1. The van der Waals surface area contributed by atoms with Crippen LogP contribution < -0.4 is 15.5 Å². The number of allylic oxidation sites excluding steroid dienone is 1. The van der Waals surface area contributed by atoms with E-state index in [9.17, 15) is 9.59 Å². The second kappa shape index (κ2) is 8.89. The summed E-state index contributed by atoms with van der Waals surface area (Å²) in [6.45, 7) is 0. The predicted octanol–water partition coefficient (Wildman–Crippen LogP) is 2.45. The Morgan fingerprint density at radius 1 is 1.00 bits per heavy atom. The Labute approximate surface area is 139 Å². The first kappa shape index (κ1) is 17.0. The molecule has 6 nitrogen and oxygen atoms in total. The minimum Gasteiger partial charge on any atom is -0.497 e. The minimum absolute atomic E-state index is 0.490. The number of rotatable bonds is 5. The molecule has 0 aliphatic heterocycles. The van der Waals surface area contributed by atoms with Gasteiger partial charge in [0, 0.05) is 11.9 Å². The average Bonchev–Trinajstić information content (AvgIpc) is 2.62. The molecule has 0 aromatic heterocycles. The van der Waals surface area contributed by atoms with Crippen LogP contribution in [-0.2, 0) is 9.59 Å². The molecule has 0 aliphatic rings. The maximum Gasteiger partial charge on any atom is 0.329 e. The van der Waals surface area contributed by atoms with Crippen molar-refractivity contribution in [1.29, 1.82) is 0 Å². The molecule has 0 radical (unpaired) electrons. The lowest BCUT2D eigenvalue weighted by atomic mass is 10.2. The summed E-state index contributed by atoms with van der Waals surface area (Å²) in [6.07, 6.45) is 4.88. The van der Waals surface area contributed by atoms with E-state index in [1.807, 2.05) is 36.4 Å². The monoisotopic (exact) mass is 323 g/mol. The molecule has 6 heteroatoms. The molecular formula is C18H17N3O3. The molecule has 24 heavy (non-hydrogen) atoms. The molecule has 0 saturated heterocycles. The first-order chi connectivity index (χ1) is 11.7. The molecule has 122 valence electrons. The lowest BCUT2D eigenvalue weighted by molar-refractivity contribution is -0.136. The molecule has 2 rings (SSSR count). The highest BCUT2D eigenvalue weighted by Gasteiger charge is 2.12. The van der Waals surface area contributed by atoms with Crippen LogP contribution >= 0.6 is 0 Å². The fourth-order valence-electron chi connectivity index (χ4n) is 1.77. The van der Waals surface area contributed by atoms with Gasteiger partial charge in [-0.25, -0.2) is 5.43 Å². The summed E-state index contributed by atoms with van der Waals surface area (Å²) >= 11 is 0. The molecule has 0 bridgehead atoms. The van der Waals surface area contributed by atoms with E-state index in [2.05, 4.69) is 15.8 Å². The Morgan fingerprint density at radius 3 is 2.38 bits per heavy atom. The van der Waals surface area contributed by atoms with Gasteiger partial charge in [-0.3, -0.25) is 9.59 Å². The van der Waals surface area contributed by atoms with E-state index in [-0.39, 0.29) is 0 Å². The van der Waals surface area contributed by atoms with Gasteiger partial charge in [-0.1, -0.05) is 36.4 Å². The van der Waals surface area contributed by atoms with Crippen molar-refractivity contribution in [3.05, 3.63) is 66.2 Å². The topological polar surface area (TPSA) is 79.8 Å². The summed E-state index contributed by atoms with van der Waals surface area (Å²) in [4.78, 5) is 23.3. The van der Waals surface area contributed by atoms with Crippen LogP contribution in [0.3, 0.4) is 0 Å². The number of hydrogen-bond acceptors (Lipinski definition) is 4. The number of amides is 2. The number of benzene rings is 2. The predicted molar refractivity (Wildman–Crippen MR) is 93.7 cm³/mol. The van der Waals surface area contributed by atoms with Crippen LogP contribution in [0.15, 0.2) is 65.8 Å². The summed E-state index contributed by atoms with van der Waals surface area (Å²) in [5.41, 5.74) is 3.65. The summed E-state index contributed by atoms with van der Waals surface area (Å²) in [7, 11) is 1.55. The molecule has 0 saturated carbocycles. The van der Waals surface area contributed by atoms with Crippen molar-refractivity contribution < 1.29 is 14.3 Å². The fourth-order valence-corrected chi connectivity index (χ4v) is 1.77. The number of methoxy groups -OCH3 is 1. The number of nitrogens with one attached hydrogen (secondary N) is 2. The van der Waals surface area contributed by atoms with Gasteiger partial charge < -0.3 is 10.1 Å². The molecule has 2 aromatic rings. The Hall–Kier alpha value is -3.41. The van der Waals surface area contributed by atoms with E-state index >= 15 is 0 Å². The maximum absolute atomic E-state index is 11.7. The maximum atomic E-state index is 11.7. The molecule has 2 amide bonds. The summed E-state index contributed by atoms with van der Waals surface area (Å²) in [5.74, 6) is -0.994. The van der Waals surface area contributed by atoms with Gasteiger partial charge >= 0.3 is 11.8 Å². The van der Waals surface area contributed by atoms with Gasteiger partial charge in [0.05, 0.1) is 7.11 Å². The Morgan fingerprint density at radius 2 is 1.71 bits per heavy atom. The summed E-state index contributed by atoms with van der Waals surface area (Å²) in [5, 5.41) is 6.15. The largest absolute Gasteiger partial charge is 0.497 e. The van der Waals surface area contributed by atoms with Crippen LogP contribution in [0, 0.1) is 0 Å². The lowest BCUT2D eigenvalue weighted by Gasteiger charge is -2.04. The van der Waals surface area contributed by atoms with Crippen molar-refractivity contribution in [2.45, 2.75) is 0 Å². The van der Waals surface area contributed by atoms with Crippen molar-refractivity contribution in [2.24, 2.45) is 5.10 Å². The molecular weight excluding hydrogens is 306 g/mol. The van der Waals surface area contributed by atoms with E-state index in [0.717, 1.165) is 5.56 Å². The second-order valence-corrected chi connectivity index (χ2v) is 4.67. The number of anilines is 1. The van der Waals surface area contributed by atoms with Crippen molar-refractivity contribution in [3.8, 4) is 5.75 Å². The zero-order chi connectivity index (χ0) is 17.2. The van der Waals surface area contributed by atoms with Crippen molar-refractivity contribution in [2.75, 3.05) is 12.4 Å². The number of ether oxygens (including phenoxy) is 1. The highest BCUT2D eigenvalue weighted by atomic mass is 16.5. The number of carbonyl (C=O) groups excluding carboxylic acids is 2. The molecule has 0 fully saturated rings. The van der Waals surface area contributed by atoms with Crippen LogP contribution in [0.1, 0.15) is 5.56 Å². The Bertz CT molecular complexity index is 738. The molecule has 0 spiro atoms. The quantitative estimate of drug-likeness (QED) is 0.504. The van der Waals surface area contributed by atoms with E-state index in [4.69, 9.17) is 4.74 Å². The van der Waals surface area contributed by atoms with Crippen molar-refractivity contribution >= 4 is 29.8 Å². The fraction of sp³-hybridized carbons (Fsp3) is 0.0556. The van der Waals surface area contributed by atoms with Crippen LogP contribution in [0.2, 0.25) is 0 Å². The zero-order valence-electron chi connectivity index (χ0n) is 13.1. The van der Waals surface area contributed by atoms with Crippen LogP contribution in [0.25, 0.3) is 6.08 Å². The van der Waals surface area contributed by atoms with E-state index in [1.54, 1.807) is 37.5 Å². The first-order valence-electron chi connectivity index (χ1n) is 7.19. The zero-order valence-corrected chi connectivity index (χ0v) is 13.1. The first-order valence-corrected chi connectivity index (χ1v) is 7.19. The lowest BCUT2D eigenvalue weighted by Crippen LogP contribution is -2.32. The highest BCUT2D eigenvalue weighted by molar-refractivity contribution is 6.39. The molecule has 0 atom stereocenters. The van der Waals surface area contributed by atoms with E-state index in [0.29, 0.717) is 11.4 Å². The van der Waals surface area contributed by atoms with E-state index in [1.165, 1.54) is 6.21 Å². The van der Waals surface area contributed by atoms with Gasteiger partial charge in [0.15, 0.2) is 0 Å². The van der Waals surface area contributed by atoms with Gasteiger partial charge in [-0.2, -0.15) is 5.10 Å². The molecule has 0 aliphatic carbocycles. The van der Waals surface area contributed by atoms with E-state index < -0.39 is 11.8 Å². The highest BCUT2D eigenvalue weighted by Crippen LogP contribution is 2.14. The van der Waals surface area contributed by atoms with Crippen molar-refractivity contribution in [1.82, 2.24) is 5.43 Å². The smallest absolute Gasteiger partial charge is 0.329 e. The van der Waals surface area contributed by atoms with Crippen LogP contribution in [0.4, 0.5) is 5.69 Å². The third kappa shape index (κ3) is 5.42. The summed E-state index contributed by atoms with van der Waals surface area (Å²) < 4.78 is 5.01. The SMILES string of the molecule is COc1ccc(NC(=O)C(=O)N/N=C\C=C\c2ccccc2)cc1. The van der Waals surface area contributed by atoms with Gasteiger partial charge in [0.2, 0.25) is 0 Å². The van der Waals surface area contributed by atoms with Gasteiger partial charge in [-0.15, -0.1) is 0 Å².